The van der Waals surface area contributed by atoms with Crippen LogP contribution >= 0.6 is 0 Å². The maximum atomic E-state index is 11.3. The summed E-state index contributed by atoms with van der Waals surface area (Å²) in [6, 6.07) is 2.08. The lowest BCUT2D eigenvalue weighted by Crippen LogP contribution is -2.27. The Bertz CT molecular complexity index is 210. The maximum Gasteiger partial charge on any atom is 0.220 e. The summed E-state index contributed by atoms with van der Waals surface area (Å²) in [6.45, 7) is 2.98. The molecule has 1 amide bonds. The predicted octanol–water partition coefficient (Wildman–Crippen LogP) is 1.17. The van der Waals surface area contributed by atoms with Crippen LogP contribution in [0.5, 0.6) is 0 Å². The van der Waals surface area contributed by atoms with Crippen LogP contribution in [0.25, 0.3) is 0 Å². The van der Waals surface area contributed by atoms with E-state index in [1.807, 2.05) is 0 Å². The van der Waals surface area contributed by atoms with Gasteiger partial charge in [-0.25, -0.2) is 0 Å². The first-order chi connectivity index (χ1) is 7.20. The number of carbonyl (C=O) groups is 1. The standard InChI is InChI=1S/C11H21N3O/c1-10(8-13)9-14-11(15)6-4-2-3-5-7-12/h10H,2-7,9,12H2,1H3,(H,14,15). The lowest BCUT2D eigenvalue weighted by atomic mass is 10.1. The molecule has 0 heterocycles. The van der Waals surface area contributed by atoms with Crippen LogP contribution in [0, 0.1) is 17.2 Å². The van der Waals surface area contributed by atoms with Crippen LogP contribution in [0.1, 0.15) is 39.0 Å². The van der Waals surface area contributed by atoms with Crippen LogP contribution in [-0.2, 0) is 4.79 Å². The van der Waals surface area contributed by atoms with Crippen LogP contribution < -0.4 is 11.1 Å². The van der Waals surface area contributed by atoms with E-state index in [-0.39, 0.29) is 11.8 Å². The van der Waals surface area contributed by atoms with Gasteiger partial charge in [-0.05, 0) is 26.3 Å². The number of nitriles is 1. The van der Waals surface area contributed by atoms with E-state index in [0.29, 0.717) is 13.0 Å². The normalized spacial score (nSPS) is 11.8. The van der Waals surface area contributed by atoms with Gasteiger partial charge < -0.3 is 11.1 Å². The highest BCUT2D eigenvalue weighted by molar-refractivity contribution is 5.75. The van der Waals surface area contributed by atoms with Crippen LogP contribution in [0.3, 0.4) is 0 Å². The Kier molecular flexibility index (Phi) is 8.79. The molecule has 3 N–H and O–H groups in total. The number of unbranched alkanes of at least 4 members (excludes halogenated alkanes) is 3. The Hall–Kier alpha value is -1.08. The minimum atomic E-state index is -0.105. The van der Waals surface area contributed by atoms with Gasteiger partial charge in [0.1, 0.15) is 0 Å². The molecule has 0 radical (unpaired) electrons. The summed E-state index contributed by atoms with van der Waals surface area (Å²) in [7, 11) is 0. The average molecular weight is 211 g/mol. The molecule has 1 unspecified atom stereocenters. The summed E-state index contributed by atoms with van der Waals surface area (Å²) in [6.07, 6.45) is 4.65. The molecule has 0 aromatic heterocycles. The monoisotopic (exact) mass is 211 g/mol. The van der Waals surface area contributed by atoms with E-state index in [1.165, 1.54) is 0 Å². The fourth-order valence-electron chi connectivity index (χ4n) is 1.18. The number of nitrogens with one attached hydrogen (secondary N) is 1. The molecule has 0 aliphatic rings. The number of nitrogens with zero attached hydrogens (tertiary/aromatic N) is 1. The van der Waals surface area contributed by atoms with Gasteiger partial charge in [-0.1, -0.05) is 12.8 Å². The molecule has 0 saturated carbocycles. The molecular formula is C11H21N3O. The molecule has 86 valence electrons. The van der Waals surface area contributed by atoms with E-state index in [4.69, 9.17) is 11.0 Å². The fourth-order valence-corrected chi connectivity index (χ4v) is 1.18. The molecule has 0 spiro atoms. The van der Waals surface area contributed by atoms with Crippen LogP contribution in [0.15, 0.2) is 0 Å². The van der Waals surface area contributed by atoms with E-state index in [2.05, 4.69) is 11.4 Å². The third-order valence-electron chi connectivity index (χ3n) is 2.18. The predicted molar refractivity (Wildman–Crippen MR) is 59.9 cm³/mol. The molecule has 4 nitrogen and oxygen atoms in total. The molecule has 4 heteroatoms. The highest BCUT2D eigenvalue weighted by atomic mass is 16.1. The number of carbonyl (C=O) groups excluding carboxylic acids is 1. The highest BCUT2D eigenvalue weighted by Crippen LogP contribution is 2.02. The molecular weight excluding hydrogens is 190 g/mol. The van der Waals surface area contributed by atoms with Gasteiger partial charge in [-0.2, -0.15) is 5.26 Å². The Labute approximate surface area is 91.8 Å². The minimum Gasteiger partial charge on any atom is -0.355 e. The van der Waals surface area contributed by atoms with Crippen molar-refractivity contribution in [3.63, 3.8) is 0 Å². The van der Waals surface area contributed by atoms with Crippen molar-refractivity contribution in [2.24, 2.45) is 11.7 Å². The topological polar surface area (TPSA) is 78.9 Å². The van der Waals surface area contributed by atoms with E-state index in [9.17, 15) is 4.79 Å². The average Bonchev–Trinajstić information content (AvgIpc) is 2.25. The number of rotatable bonds is 8. The van der Waals surface area contributed by atoms with Gasteiger partial charge in [0.15, 0.2) is 0 Å². The van der Waals surface area contributed by atoms with Crippen LogP contribution in [0.2, 0.25) is 0 Å². The second kappa shape index (κ2) is 9.47. The molecule has 1 atom stereocenters. The van der Waals surface area contributed by atoms with Crippen molar-refractivity contribution in [3.8, 4) is 6.07 Å². The zero-order valence-electron chi connectivity index (χ0n) is 9.46. The quantitative estimate of drug-likeness (QED) is 0.591. The van der Waals surface area contributed by atoms with Crippen molar-refractivity contribution in [3.05, 3.63) is 0 Å². The largest absolute Gasteiger partial charge is 0.355 e. The summed E-state index contributed by atoms with van der Waals surface area (Å²) in [5.74, 6) is -0.0592. The smallest absolute Gasteiger partial charge is 0.220 e. The maximum absolute atomic E-state index is 11.3. The Balaban J connectivity index is 3.31. The zero-order chi connectivity index (χ0) is 11.5. The molecule has 0 rings (SSSR count). The molecule has 0 aromatic rings. The Morgan fingerprint density at radius 1 is 1.40 bits per heavy atom. The molecule has 0 aliphatic carbocycles. The molecule has 15 heavy (non-hydrogen) atoms. The Morgan fingerprint density at radius 2 is 2.07 bits per heavy atom. The molecule has 0 aliphatic heterocycles. The molecule has 0 bridgehead atoms. The second-order valence-corrected chi connectivity index (χ2v) is 3.79. The summed E-state index contributed by atoms with van der Waals surface area (Å²) in [4.78, 5) is 11.3. The van der Waals surface area contributed by atoms with Crippen molar-refractivity contribution in [1.29, 1.82) is 5.26 Å². The first-order valence-corrected chi connectivity index (χ1v) is 5.57. The van der Waals surface area contributed by atoms with Gasteiger partial charge in [0.2, 0.25) is 5.91 Å². The lowest BCUT2D eigenvalue weighted by Gasteiger charge is -2.05. The number of nitrogens with two attached hydrogens (primary N) is 1. The molecule has 0 fully saturated rings. The first-order valence-electron chi connectivity index (χ1n) is 5.57. The number of amides is 1. The summed E-state index contributed by atoms with van der Waals surface area (Å²) >= 11 is 0. The minimum absolute atomic E-state index is 0.0462. The van der Waals surface area contributed by atoms with E-state index < -0.39 is 0 Å². The van der Waals surface area contributed by atoms with Gasteiger partial charge >= 0.3 is 0 Å². The fraction of sp³-hybridized carbons (Fsp3) is 0.818. The second-order valence-electron chi connectivity index (χ2n) is 3.79. The molecule has 0 aromatic carbocycles. The van der Waals surface area contributed by atoms with E-state index in [0.717, 1.165) is 32.2 Å². The van der Waals surface area contributed by atoms with Gasteiger partial charge in [0.05, 0.1) is 12.0 Å². The van der Waals surface area contributed by atoms with Gasteiger partial charge in [0.25, 0.3) is 0 Å². The van der Waals surface area contributed by atoms with Gasteiger partial charge in [0, 0.05) is 13.0 Å². The summed E-state index contributed by atoms with van der Waals surface area (Å²) < 4.78 is 0. The van der Waals surface area contributed by atoms with E-state index in [1.54, 1.807) is 6.92 Å². The van der Waals surface area contributed by atoms with Crippen molar-refractivity contribution < 1.29 is 4.79 Å². The van der Waals surface area contributed by atoms with Crippen LogP contribution in [-0.4, -0.2) is 19.0 Å². The number of hydrogen-bond donors (Lipinski definition) is 2. The van der Waals surface area contributed by atoms with Crippen molar-refractivity contribution in [1.82, 2.24) is 5.32 Å². The van der Waals surface area contributed by atoms with Crippen LogP contribution in [0.4, 0.5) is 0 Å². The zero-order valence-corrected chi connectivity index (χ0v) is 9.46. The third kappa shape index (κ3) is 9.23. The molecule has 0 saturated heterocycles. The highest BCUT2D eigenvalue weighted by Gasteiger charge is 2.03. The van der Waals surface area contributed by atoms with E-state index >= 15 is 0 Å². The van der Waals surface area contributed by atoms with Crippen molar-refractivity contribution in [2.75, 3.05) is 13.1 Å². The Morgan fingerprint density at radius 3 is 2.67 bits per heavy atom. The summed E-state index contributed by atoms with van der Waals surface area (Å²) in [5.41, 5.74) is 5.36. The van der Waals surface area contributed by atoms with Crippen molar-refractivity contribution >= 4 is 5.91 Å². The third-order valence-corrected chi connectivity index (χ3v) is 2.18. The van der Waals surface area contributed by atoms with Gasteiger partial charge in [-0.15, -0.1) is 0 Å². The van der Waals surface area contributed by atoms with Gasteiger partial charge in [-0.3, -0.25) is 4.79 Å². The lowest BCUT2D eigenvalue weighted by molar-refractivity contribution is -0.121. The summed E-state index contributed by atoms with van der Waals surface area (Å²) in [5, 5.41) is 11.2. The SMILES string of the molecule is CC(C#N)CNC(=O)CCCCCCN. The number of hydrogen-bond acceptors (Lipinski definition) is 3. The first kappa shape index (κ1) is 13.9. The van der Waals surface area contributed by atoms with Crippen molar-refractivity contribution in [2.45, 2.75) is 39.0 Å².